The number of halogens is 2. The van der Waals surface area contributed by atoms with Crippen LogP contribution >= 0.6 is 37.5 Å². The van der Waals surface area contributed by atoms with Gasteiger partial charge in [0.2, 0.25) is 0 Å². The van der Waals surface area contributed by atoms with Crippen molar-refractivity contribution in [3.63, 3.8) is 0 Å². The van der Waals surface area contributed by atoms with Crippen molar-refractivity contribution in [3.05, 3.63) is 154 Å². The smallest absolute Gasteiger partial charge is 0.332 e. The number of carboxylic acid groups (broad SMARTS) is 1. The number of rotatable bonds is 19. The van der Waals surface area contributed by atoms with Gasteiger partial charge in [0.05, 0.1) is 38.0 Å². The van der Waals surface area contributed by atoms with Gasteiger partial charge in [-0.3, -0.25) is 4.79 Å². The molecule has 0 unspecified atom stereocenters. The van der Waals surface area contributed by atoms with E-state index in [2.05, 4.69) is 49.0 Å². The summed E-state index contributed by atoms with van der Waals surface area (Å²) in [5.41, 5.74) is 10.9. The van der Waals surface area contributed by atoms with Gasteiger partial charge in [0, 0.05) is 70.2 Å². The van der Waals surface area contributed by atoms with Crippen molar-refractivity contribution < 1.29 is 33.3 Å². The molecule has 6 aromatic rings. The van der Waals surface area contributed by atoms with Gasteiger partial charge < -0.3 is 55.2 Å². The number of likely N-dealkylation sites (N-methyl/N-ethyl adjacent to an activating group) is 2. The van der Waals surface area contributed by atoms with Crippen molar-refractivity contribution in [2.24, 2.45) is 0 Å². The molecular formula is C52H64Cl2N10O7P2. The van der Waals surface area contributed by atoms with Gasteiger partial charge in [0.1, 0.15) is 47.5 Å². The van der Waals surface area contributed by atoms with Gasteiger partial charge in [-0.15, -0.1) is 0 Å². The van der Waals surface area contributed by atoms with Crippen LogP contribution in [0.1, 0.15) is 22.8 Å². The van der Waals surface area contributed by atoms with Crippen molar-refractivity contribution in [2.75, 3.05) is 104 Å². The average Bonchev–Trinajstić information content (AvgIpc) is 3.31. The zero-order valence-corrected chi connectivity index (χ0v) is 46.1. The Morgan fingerprint density at radius 1 is 0.671 bits per heavy atom. The van der Waals surface area contributed by atoms with Gasteiger partial charge in [-0.1, -0.05) is 60.6 Å². The van der Waals surface area contributed by atoms with E-state index in [1.165, 1.54) is 6.20 Å². The number of nitrogen functional groups attached to an aromatic ring is 1. The van der Waals surface area contributed by atoms with Crippen LogP contribution < -0.4 is 41.8 Å². The van der Waals surface area contributed by atoms with Crippen molar-refractivity contribution in [3.8, 4) is 11.5 Å². The zero-order valence-electron chi connectivity index (χ0n) is 42.8. The second kappa shape index (κ2) is 26.9. The lowest BCUT2D eigenvalue weighted by atomic mass is 10.1. The first kappa shape index (κ1) is 59.0. The van der Waals surface area contributed by atoms with Gasteiger partial charge >= 0.3 is 5.97 Å². The summed E-state index contributed by atoms with van der Waals surface area (Å²) in [7, 11) is 5.54. The number of aliphatic carboxylic acids is 1. The summed E-state index contributed by atoms with van der Waals surface area (Å²) in [5.74, 6) is 2.09. The topological polar surface area (TPSA) is 227 Å². The normalized spacial score (nSPS) is 11.1. The van der Waals surface area contributed by atoms with Gasteiger partial charge in [0.25, 0.3) is 5.91 Å². The molecule has 0 saturated carbocycles. The minimum Gasteiger partial charge on any atom is -0.496 e. The Labute approximate surface area is 438 Å². The first-order chi connectivity index (χ1) is 34.3. The van der Waals surface area contributed by atoms with Crippen LogP contribution in [0.4, 0.5) is 34.4 Å². The molecular weight excluding hydrogens is 1010 g/mol. The minimum atomic E-state index is -2.53. The summed E-state index contributed by atoms with van der Waals surface area (Å²) in [5, 5.41) is 19.8. The third-order valence-corrected chi connectivity index (χ3v) is 13.9. The Morgan fingerprint density at radius 3 is 1.51 bits per heavy atom. The SMILES string of the molecule is C=C(CN(C)C)C(=O)Nc1ccc(OC)c(Cc2ncc(Cl)c(Nc3ccccc3P(C)(C)=O)n2)c1.C=C(CN(C)C)C(=O)O.COc1ccc(N)cc1Cc1ncc(Cl)c(Nc2ccccc2P(C)(C)=O)n1. The van der Waals surface area contributed by atoms with E-state index in [1.54, 1.807) is 84.3 Å². The molecule has 2 heterocycles. The average molecular weight is 1070 g/mol. The van der Waals surface area contributed by atoms with Crippen molar-refractivity contribution in [1.29, 1.82) is 0 Å². The van der Waals surface area contributed by atoms with Crippen molar-refractivity contribution in [1.82, 2.24) is 29.7 Å². The molecule has 21 heteroatoms. The number of aromatic nitrogens is 4. The third-order valence-electron chi connectivity index (χ3n) is 10.2. The first-order valence-corrected chi connectivity index (χ1v) is 28.4. The number of nitrogens with one attached hydrogen (secondary N) is 3. The van der Waals surface area contributed by atoms with E-state index in [0.29, 0.717) is 104 Å². The van der Waals surface area contributed by atoms with Crippen LogP contribution in [0.15, 0.2) is 122 Å². The molecule has 0 aliphatic rings. The number of hydrogen-bond acceptors (Lipinski definition) is 15. The maximum atomic E-state index is 12.7. The Hall–Kier alpha value is -6.58. The predicted molar refractivity (Wildman–Crippen MR) is 299 cm³/mol. The van der Waals surface area contributed by atoms with E-state index in [0.717, 1.165) is 16.4 Å². The molecule has 6 N–H and O–H groups in total. The molecule has 0 fully saturated rings. The van der Waals surface area contributed by atoms with Crippen LogP contribution in [-0.2, 0) is 31.6 Å². The zero-order chi connectivity index (χ0) is 54.2. The second-order valence-electron chi connectivity index (χ2n) is 17.8. The summed E-state index contributed by atoms with van der Waals surface area (Å²) in [6, 6.07) is 25.6. The third kappa shape index (κ3) is 18.5. The number of carboxylic acids is 1. The number of hydrogen-bond donors (Lipinski definition) is 5. The molecule has 2 aromatic heterocycles. The van der Waals surface area contributed by atoms with Gasteiger partial charge in [-0.25, -0.2) is 24.7 Å². The van der Waals surface area contributed by atoms with Crippen LogP contribution in [0.25, 0.3) is 0 Å². The highest BCUT2D eigenvalue weighted by molar-refractivity contribution is 7.70. The number of nitrogens with two attached hydrogens (primary N) is 1. The number of para-hydroxylation sites is 2. The summed E-state index contributed by atoms with van der Waals surface area (Å²) in [4.78, 5) is 44.1. The largest absolute Gasteiger partial charge is 0.496 e. The summed E-state index contributed by atoms with van der Waals surface area (Å²) in [6.45, 7) is 15.0. The summed E-state index contributed by atoms with van der Waals surface area (Å²) < 4.78 is 36.2. The number of anilines is 6. The number of ether oxygens (including phenoxy) is 2. The Bertz CT molecular complexity index is 3040. The highest BCUT2D eigenvalue weighted by atomic mass is 35.5. The van der Waals surface area contributed by atoms with Crippen LogP contribution in [0.3, 0.4) is 0 Å². The van der Waals surface area contributed by atoms with E-state index in [9.17, 15) is 18.7 Å². The van der Waals surface area contributed by atoms with Crippen LogP contribution in [0.2, 0.25) is 10.0 Å². The molecule has 388 valence electrons. The molecule has 0 bridgehead atoms. The number of benzene rings is 4. The Balaban J connectivity index is 0.000000276. The van der Waals surface area contributed by atoms with Crippen LogP contribution in [-0.4, -0.2) is 129 Å². The van der Waals surface area contributed by atoms with E-state index < -0.39 is 20.3 Å². The molecule has 0 aliphatic heterocycles. The maximum Gasteiger partial charge on any atom is 0.332 e. The molecule has 0 atom stereocenters. The second-order valence-corrected chi connectivity index (χ2v) is 25.0. The fraction of sp³-hybridized carbons (Fsp3) is 0.269. The standard InChI is InChI=1S/C26H31ClN5O3P.C20H22ClN4O2P.C6H11NO2/c1-17(16-32(2)3)26(33)29-19-11-12-22(35-4)18(13-19)14-24-28-15-20(27)25(31-24)30-21-9-7-8-10-23(21)36(5,6)34;1-27-17-9-8-14(22)10-13(17)11-19-23-12-15(21)20(25-19)24-16-6-4-5-7-18(16)28(2,3)26;1-5(6(8)9)4-7(2)3/h7-13,15H,1,14,16H2,2-6H3,(H,29,33)(H,28,30,31);4-10,12H,11,22H2,1-3H3,(H,23,24,25);1,4H2,2-3H3,(H,8,9). The van der Waals surface area contributed by atoms with E-state index >= 15 is 0 Å². The molecule has 1 amide bonds. The highest BCUT2D eigenvalue weighted by Gasteiger charge is 2.20. The lowest BCUT2D eigenvalue weighted by molar-refractivity contribution is -0.132. The van der Waals surface area contributed by atoms with Gasteiger partial charge in [-0.05, 0) is 116 Å². The fourth-order valence-electron chi connectivity index (χ4n) is 6.90. The molecule has 17 nitrogen and oxygen atoms in total. The number of methoxy groups -OCH3 is 2. The van der Waals surface area contributed by atoms with Crippen LogP contribution in [0.5, 0.6) is 11.5 Å². The van der Waals surface area contributed by atoms with Gasteiger partial charge in [0.15, 0.2) is 11.6 Å². The Kier molecular flexibility index (Phi) is 21.8. The van der Waals surface area contributed by atoms with E-state index in [1.807, 2.05) is 85.7 Å². The predicted octanol–water partition coefficient (Wildman–Crippen LogP) is 9.27. The molecule has 6 rings (SSSR count). The van der Waals surface area contributed by atoms with Gasteiger partial charge in [-0.2, -0.15) is 0 Å². The summed E-state index contributed by atoms with van der Waals surface area (Å²) in [6.07, 6.45) is 3.83. The first-order valence-electron chi connectivity index (χ1n) is 22.4. The number of carbonyl (C=O) groups is 2. The van der Waals surface area contributed by atoms with E-state index in [4.69, 9.17) is 43.5 Å². The Morgan fingerprint density at radius 2 is 1.10 bits per heavy atom. The van der Waals surface area contributed by atoms with E-state index in [-0.39, 0.29) is 11.5 Å². The summed E-state index contributed by atoms with van der Waals surface area (Å²) >= 11 is 12.7. The number of amides is 1. The lowest BCUT2D eigenvalue weighted by Crippen LogP contribution is -2.23. The molecule has 73 heavy (non-hydrogen) atoms. The lowest BCUT2D eigenvalue weighted by Gasteiger charge is -2.16. The molecule has 0 spiro atoms. The molecule has 4 aromatic carbocycles. The molecule has 0 radical (unpaired) electrons. The molecule has 0 aliphatic carbocycles. The maximum absolute atomic E-state index is 12.7. The fourth-order valence-corrected chi connectivity index (χ4v) is 9.49. The quantitative estimate of drug-likeness (QED) is 0.0289. The molecule has 0 saturated heterocycles. The highest BCUT2D eigenvalue weighted by Crippen LogP contribution is 2.40. The monoisotopic (exact) mass is 1070 g/mol. The van der Waals surface area contributed by atoms with Crippen molar-refractivity contribution in [2.45, 2.75) is 12.8 Å². The number of carbonyl (C=O) groups excluding carboxylic acids is 1. The number of nitrogens with zero attached hydrogens (tertiary/aromatic N) is 6. The van der Waals surface area contributed by atoms with Crippen LogP contribution in [0, 0.1) is 0 Å². The minimum absolute atomic E-state index is 0.222. The van der Waals surface area contributed by atoms with Crippen molar-refractivity contribution >= 4 is 94.4 Å².